The highest BCUT2D eigenvalue weighted by Crippen LogP contribution is 2.32. The number of ether oxygens (including phenoxy) is 4. The topological polar surface area (TPSA) is 77.5 Å². The van der Waals surface area contributed by atoms with E-state index in [4.69, 9.17) is 18.9 Å². The van der Waals surface area contributed by atoms with E-state index in [1.54, 1.807) is 42.2 Å². The first kappa shape index (κ1) is 20.8. The lowest BCUT2D eigenvalue weighted by Gasteiger charge is -2.37. The van der Waals surface area contributed by atoms with Crippen molar-refractivity contribution < 1.29 is 28.5 Å². The SMILES string of the molecule is COc1cc(C(=O)N2CCN(C(=O)C3COc4ccccc4O3)CC2)cc(OC)c1C. The van der Waals surface area contributed by atoms with Gasteiger partial charge in [0.15, 0.2) is 11.5 Å². The Bertz CT molecular complexity index is 959. The average Bonchev–Trinajstić information content (AvgIpc) is 2.83. The molecule has 2 aromatic rings. The highest BCUT2D eigenvalue weighted by atomic mass is 16.6. The van der Waals surface area contributed by atoms with E-state index >= 15 is 0 Å². The molecule has 1 fully saturated rings. The number of amides is 2. The quantitative estimate of drug-likeness (QED) is 0.746. The summed E-state index contributed by atoms with van der Waals surface area (Å²) in [7, 11) is 3.13. The van der Waals surface area contributed by atoms with Crippen LogP contribution in [0.5, 0.6) is 23.0 Å². The summed E-state index contributed by atoms with van der Waals surface area (Å²) in [6, 6.07) is 10.8. The van der Waals surface area contributed by atoms with Crippen LogP contribution in [0.2, 0.25) is 0 Å². The number of methoxy groups -OCH3 is 2. The van der Waals surface area contributed by atoms with Gasteiger partial charge >= 0.3 is 0 Å². The first-order valence-electron chi connectivity index (χ1n) is 10.2. The summed E-state index contributed by atoms with van der Waals surface area (Å²) in [5.74, 6) is 2.18. The lowest BCUT2D eigenvalue weighted by atomic mass is 10.1. The highest BCUT2D eigenvalue weighted by Gasteiger charge is 2.33. The number of rotatable bonds is 4. The third-order valence-corrected chi connectivity index (χ3v) is 5.66. The largest absolute Gasteiger partial charge is 0.496 e. The fourth-order valence-electron chi connectivity index (χ4n) is 3.87. The first-order valence-corrected chi connectivity index (χ1v) is 10.2. The summed E-state index contributed by atoms with van der Waals surface area (Å²) in [6.45, 7) is 3.81. The molecular weight excluding hydrogens is 400 g/mol. The Balaban J connectivity index is 1.39. The zero-order valence-corrected chi connectivity index (χ0v) is 17.9. The summed E-state index contributed by atoms with van der Waals surface area (Å²) in [5.41, 5.74) is 1.34. The first-order chi connectivity index (χ1) is 15.0. The van der Waals surface area contributed by atoms with Crippen LogP contribution in [-0.2, 0) is 4.79 Å². The molecule has 0 bridgehead atoms. The Labute approximate surface area is 181 Å². The summed E-state index contributed by atoms with van der Waals surface area (Å²) in [5, 5.41) is 0. The van der Waals surface area contributed by atoms with Crippen molar-refractivity contribution in [2.45, 2.75) is 13.0 Å². The van der Waals surface area contributed by atoms with Gasteiger partial charge in [-0.15, -0.1) is 0 Å². The van der Waals surface area contributed by atoms with Gasteiger partial charge in [-0.3, -0.25) is 9.59 Å². The van der Waals surface area contributed by atoms with E-state index < -0.39 is 6.10 Å². The Morgan fingerprint density at radius 1 is 0.935 bits per heavy atom. The van der Waals surface area contributed by atoms with Gasteiger partial charge in [0.2, 0.25) is 6.10 Å². The second-order valence-electron chi connectivity index (χ2n) is 7.49. The van der Waals surface area contributed by atoms with Crippen LogP contribution in [0.3, 0.4) is 0 Å². The minimum Gasteiger partial charge on any atom is -0.496 e. The molecule has 2 heterocycles. The van der Waals surface area contributed by atoms with Gasteiger partial charge in [0.25, 0.3) is 11.8 Å². The monoisotopic (exact) mass is 426 g/mol. The maximum Gasteiger partial charge on any atom is 0.267 e. The number of carbonyl (C=O) groups excluding carboxylic acids is 2. The molecule has 2 aliphatic heterocycles. The molecule has 0 aliphatic carbocycles. The number of piperazine rings is 1. The predicted octanol–water partition coefficient (Wildman–Crippen LogP) is 2.14. The van der Waals surface area contributed by atoms with Crippen LogP contribution < -0.4 is 18.9 Å². The van der Waals surface area contributed by atoms with Gasteiger partial charge in [0.05, 0.1) is 14.2 Å². The third kappa shape index (κ3) is 4.10. The van der Waals surface area contributed by atoms with Gasteiger partial charge in [0, 0.05) is 37.3 Å². The maximum absolute atomic E-state index is 13.0. The predicted molar refractivity (Wildman–Crippen MR) is 113 cm³/mol. The average molecular weight is 426 g/mol. The second-order valence-corrected chi connectivity index (χ2v) is 7.49. The molecule has 0 radical (unpaired) electrons. The fourth-order valence-corrected chi connectivity index (χ4v) is 3.87. The number of fused-ring (bicyclic) bond motifs is 1. The number of para-hydroxylation sites is 2. The molecule has 1 atom stereocenters. The van der Waals surface area contributed by atoms with Gasteiger partial charge in [-0.1, -0.05) is 12.1 Å². The van der Waals surface area contributed by atoms with Crippen molar-refractivity contribution in [3.8, 4) is 23.0 Å². The maximum atomic E-state index is 13.0. The van der Waals surface area contributed by atoms with Crippen molar-refractivity contribution in [1.29, 1.82) is 0 Å². The molecule has 31 heavy (non-hydrogen) atoms. The minimum atomic E-state index is -0.678. The van der Waals surface area contributed by atoms with Crippen LogP contribution in [0.15, 0.2) is 36.4 Å². The van der Waals surface area contributed by atoms with Crippen LogP contribution in [0.4, 0.5) is 0 Å². The summed E-state index contributed by atoms with van der Waals surface area (Å²) >= 11 is 0. The zero-order chi connectivity index (χ0) is 22.0. The van der Waals surface area contributed by atoms with Crippen LogP contribution in [-0.4, -0.2) is 74.7 Å². The molecule has 0 saturated carbocycles. The van der Waals surface area contributed by atoms with Crippen molar-refractivity contribution in [2.75, 3.05) is 47.0 Å². The van der Waals surface area contributed by atoms with Crippen molar-refractivity contribution >= 4 is 11.8 Å². The van der Waals surface area contributed by atoms with Gasteiger partial charge in [-0.2, -0.15) is 0 Å². The van der Waals surface area contributed by atoms with E-state index in [1.807, 2.05) is 25.1 Å². The van der Waals surface area contributed by atoms with Crippen molar-refractivity contribution in [3.05, 3.63) is 47.5 Å². The molecule has 2 aliphatic rings. The molecular formula is C23H26N2O6. The molecule has 1 saturated heterocycles. The minimum absolute atomic E-state index is 0.116. The lowest BCUT2D eigenvalue weighted by Crippen LogP contribution is -2.55. The van der Waals surface area contributed by atoms with Crippen molar-refractivity contribution in [2.24, 2.45) is 0 Å². The lowest BCUT2D eigenvalue weighted by molar-refractivity contribution is -0.142. The number of hydrogen-bond acceptors (Lipinski definition) is 6. The summed E-state index contributed by atoms with van der Waals surface area (Å²) in [4.78, 5) is 29.4. The van der Waals surface area contributed by atoms with E-state index in [1.165, 1.54) is 0 Å². The van der Waals surface area contributed by atoms with E-state index in [0.717, 1.165) is 5.56 Å². The summed E-state index contributed by atoms with van der Waals surface area (Å²) < 4.78 is 22.2. The number of benzene rings is 2. The molecule has 0 N–H and O–H groups in total. The van der Waals surface area contributed by atoms with E-state index in [9.17, 15) is 9.59 Å². The highest BCUT2D eigenvalue weighted by molar-refractivity contribution is 5.95. The molecule has 0 aromatic heterocycles. The molecule has 2 aromatic carbocycles. The van der Waals surface area contributed by atoms with Crippen LogP contribution in [0.1, 0.15) is 15.9 Å². The van der Waals surface area contributed by atoms with Gasteiger partial charge in [0.1, 0.15) is 18.1 Å². The summed E-state index contributed by atoms with van der Waals surface area (Å²) in [6.07, 6.45) is -0.678. The van der Waals surface area contributed by atoms with Gasteiger partial charge in [-0.25, -0.2) is 0 Å². The normalized spacial score (nSPS) is 17.8. The van der Waals surface area contributed by atoms with Gasteiger partial charge in [-0.05, 0) is 31.2 Å². The molecule has 164 valence electrons. The standard InChI is InChI=1S/C23H26N2O6/c1-15-19(28-2)12-16(13-20(15)29-3)22(26)24-8-10-25(11-9-24)23(27)21-14-30-17-6-4-5-7-18(17)31-21/h4-7,12-13,21H,8-11,14H2,1-3H3. The Hall–Kier alpha value is -3.42. The van der Waals surface area contributed by atoms with Crippen molar-refractivity contribution in [3.63, 3.8) is 0 Å². The van der Waals surface area contributed by atoms with E-state index in [2.05, 4.69) is 0 Å². The van der Waals surface area contributed by atoms with E-state index in [-0.39, 0.29) is 18.4 Å². The number of nitrogens with zero attached hydrogens (tertiary/aromatic N) is 2. The second kappa shape index (κ2) is 8.75. The Morgan fingerprint density at radius 3 is 2.13 bits per heavy atom. The van der Waals surface area contributed by atoms with E-state index in [0.29, 0.717) is 54.7 Å². The number of carbonyl (C=O) groups is 2. The smallest absolute Gasteiger partial charge is 0.267 e. The molecule has 4 rings (SSSR count). The Kier molecular flexibility index (Phi) is 5.88. The molecule has 2 amide bonds. The molecule has 8 heteroatoms. The molecule has 1 unspecified atom stereocenters. The fraction of sp³-hybridized carbons (Fsp3) is 0.391. The van der Waals surface area contributed by atoms with Crippen molar-refractivity contribution in [1.82, 2.24) is 9.80 Å². The van der Waals surface area contributed by atoms with Crippen LogP contribution >= 0.6 is 0 Å². The van der Waals surface area contributed by atoms with Crippen LogP contribution in [0, 0.1) is 6.92 Å². The Morgan fingerprint density at radius 2 is 1.52 bits per heavy atom. The molecule has 8 nitrogen and oxygen atoms in total. The molecule has 0 spiro atoms. The third-order valence-electron chi connectivity index (χ3n) is 5.66. The van der Waals surface area contributed by atoms with Crippen LogP contribution in [0.25, 0.3) is 0 Å². The van der Waals surface area contributed by atoms with Gasteiger partial charge < -0.3 is 28.7 Å². The number of hydrogen-bond donors (Lipinski definition) is 0. The zero-order valence-electron chi connectivity index (χ0n) is 17.9.